The first-order valence-corrected chi connectivity index (χ1v) is 7.67. The molecule has 0 spiro atoms. The van der Waals surface area contributed by atoms with Crippen LogP contribution in [0.5, 0.6) is 5.75 Å². The molecule has 0 unspecified atom stereocenters. The molecule has 0 amide bonds. The number of esters is 1. The Bertz CT molecular complexity index is 530. The van der Waals surface area contributed by atoms with Crippen LogP contribution in [0.2, 0.25) is 0 Å². The molecule has 0 atom stereocenters. The molecule has 118 valence electrons. The number of ether oxygens (including phenoxy) is 2. The van der Waals surface area contributed by atoms with Gasteiger partial charge in [-0.05, 0) is 12.2 Å². The van der Waals surface area contributed by atoms with Crippen LogP contribution in [0, 0.1) is 0 Å². The van der Waals surface area contributed by atoms with Crippen molar-refractivity contribution in [3.05, 3.63) is 22.1 Å². The van der Waals surface area contributed by atoms with Crippen molar-refractivity contribution in [2.24, 2.45) is 0 Å². The number of aromatic nitrogens is 2. The number of hydrogen-bond donors (Lipinski definition) is 1. The third-order valence-corrected chi connectivity index (χ3v) is 3.39. The molecule has 7 nitrogen and oxygen atoms in total. The fraction of sp³-hybridized carbons (Fsp3) is 0.615. The number of carbonyl (C=O) groups is 1. The predicted molar refractivity (Wildman–Crippen MR) is 79.7 cm³/mol. The summed E-state index contributed by atoms with van der Waals surface area (Å²) in [5, 5.41) is 13.9. The molecule has 0 fully saturated rings. The second-order valence-electron chi connectivity index (χ2n) is 4.41. The van der Waals surface area contributed by atoms with E-state index in [0.717, 1.165) is 11.9 Å². The molecule has 0 aliphatic carbocycles. The van der Waals surface area contributed by atoms with Crippen LogP contribution in [-0.2, 0) is 16.2 Å². The zero-order valence-corrected chi connectivity index (χ0v) is 13.2. The minimum Gasteiger partial charge on any atom is -0.503 e. The van der Waals surface area contributed by atoms with Crippen LogP contribution in [0.15, 0.2) is 11.0 Å². The van der Waals surface area contributed by atoms with Crippen molar-refractivity contribution in [3.63, 3.8) is 0 Å². The van der Waals surface area contributed by atoms with E-state index in [2.05, 4.69) is 18.9 Å². The van der Waals surface area contributed by atoms with E-state index in [9.17, 15) is 14.7 Å². The van der Waals surface area contributed by atoms with Crippen molar-refractivity contribution in [2.75, 3.05) is 19.0 Å². The maximum atomic E-state index is 11.6. The van der Waals surface area contributed by atoms with Gasteiger partial charge in [-0.1, -0.05) is 13.8 Å². The van der Waals surface area contributed by atoms with E-state index in [1.165, 1.54) is 4.68 Å². The van der Waals surface area contributed by atoms with E-state index in [1.54, 1.807) is 18.7 Å². The van der Waals surface area contributed by atoms with Gasteiger partial charge in [0, 0.05) is 5.75 Å². The van der Waals surface area contributed by atoms with Gasteiger partial charge in [0.25, 0.3) is 5.43 Å². The molecule has 1 aromatic heterocycles. The summed E-state index contributed by atoms with van der Waals surface area (Å²) in [6, 6.07) is 0. The minimum absolute atomic E-state index is 0.0406. The third-order valence-electron chi connectivity index (χ3n) is 2.32. The molecule has 0 bridgehead atoms. The summed E-state index contributed by atoms with van der Waals surface area (Å²) in [5.74, 6) is -0.593. The van der Waals surface area contributed by atoms with Crippen LogP contribution in [0.4, 0.5) is 0 Å². The molecule has 0 saturated carbocycles. The van der Waals surface area contributed by atoms with Crippen molar-refractivity contribution in [1.82, 2.24) is 9.78 Å². The topological polar surface area (TPSA) is 90.7 Å². The molecule has 1 heterocycles. The summed E-state index contributed by atoms with van der Waals surface area (Å²) < 4.78 is 11.3. The highest BCUT2D eigenvalue weighted by molar-refractivity contribution is 7.99. The van der Waals surface area contributed by atoms with Gasteiger partial charge in [0.15, 0.2) is 5.75 Å². The monoisotopic (exact) mass is 316 g/mol. The van der Waals surface area contributed by atoms with Gasteiger partial charge < -0.3 is 14.6 Å². The van der Waals surface area contributed by atoms with E-state index in [0.29, 0.717) is 11.9 Å². The Balaban J connectivity index is 2.67. The summed E-state index contributed by atoms with van der Waals surface area (Å²) in [4.78, 5) is 23.2. The van der Waals surface area contributed by atoms with Crippen molar-refractivity contribution in [2.45, 2.75) is 32.8 Å². The summed E-state index contributed by atoms with van der Waals surface area (Å²) in [6.07, 6.45) is 1.13. The van der Waals surface area contributed by atoms with Crippen molar-refractivity contribution >= 4 is 17.7 Å². The Morgan fingerprint density at radius 3 is 2.86 bits per heavy atom. The Morgan fingerprint density at radius 2 is 2.24 bits per heavy atom. The summed E-state index contributed by atoms with van der Waals surface area (Å²) in [7, 11) is 0. The van der Waals surface area contributed by atoms with Crippen LogP contribution in [0.1, 0.15) is 31.3 Å². The van der Waals surface area contributed by atoms with E-state index >= 15 is 0 Å². The average Bonchev–Trinajstić information content (AvgIpc) is 2.41. The fourth-order valence-corrected chi connectivity index (χ4v) is 2.11. The van der Waals surface area contributed by atoms with E-state index in [1.807, 2.05) is 0 Å². The molecule has 21 heavy (non-hydrogen) atoms. The minimum atomic E-state index is -0.859. The number of thioether (sulfide) groups is 1. The first-order valence-electron chi connectivity index (χ1n) is 6.62. The highest BCUT2D eigenvalue weighted by atomic mass is 32.2. The smallest absolute Gasteiger partial charge is 0.363 e. The summed E-state index contributed by atoms with van der Waals surface area (Å²) in [5.41, 5.74) is -1.29. The normalized spacial score (nSPS) is 10.9. The maximum absolute atomic E-state index is 11.6. The van der Waals surface area contributed by atoms with Crippen molar-refractivity contribution in [1.29, 1.82) is 0 Å². The largest absolute Gasteiger partial charge is 0.503 e. The highest BCUT2D eigenvalue weighted by Gasteiger charge is 2.17. The standard InChI is InChI=1S/C13H20N2O5S/c1-4-20-13(18)11-12(17)10(16)7-15(14-11)8-19-5-6-21-9(2)3/h7,9,16H,4-6,8H2,1-3H3. The van der Waals surface area contributed by atoms with Crippen LogP contribution >= 0.6 is 11.8 Å². The Labute approximate surface area is 127 Å². The highest BCUT2D eigenvalue weighted by Crippen LogP contribution is 2.08. The second kappa shape index (κ2) is 8.68. The Morgan fingerprint density at radius 1 is 1.52 bits per heavy atom. The lowest BCUT2D eigenvalue weighted by Crippen LogP contribution is -2.24. The lowest BCUT2D eigenvalue weighted by atomic mass is 10.3. The van der Waals surface area contributed by atoms with Gasteiger partial charge in [0.05, 0.1) is 19.4 Å². The van der Waals surface area contributed by atoms with E-state index < -0.39 is 22.8 Å². The van der Waals surface area contributed by atoms with Crippen molar-refractivity contribution < 1.29 is 19.4 Å². The van der Waals surface area contributed by atoms with Crippen LogP contribution in [-0.4, -0.2) is 45.1 Å². The SMILES string of the molecule is CCOC(=O)c1nn(COCCSC(C)C)cc(O)c1=O. The fourth-order valence-electron chi connectivity index (χ4n) is 1.42. The first kappa shape index (κ1) is 17.5. The number of rotatable bonds is 8. The van der Waals surface area contributed by atoms with Gasteiger partial charge in [0.1, 0.15) is 6.73 Å². The average molecular weight is 316 g/mol. The van der Waals surface area contributed by atoms with Crippen LogP contribution in [0.3, 0.4) is 0 Å². The van der Waals surface area contributed by atoms with Crippen LogP contribution in [0.25, 0.3) is 0 Å². The molecule has 0 radical (unpaired) electrons. The van der Waals surface area contributed by atoms with Gasteiger partial charge in [-0.25, -0.2) is 9.48 Å². The summed E-state index contributed by atoms with van der Waals surface area (Å²) in [6.45, 7) is 6.48. The van der Waals surface area contributed by atoms with Crippen LogP contribution < -0.4 is 5.43 Å². The molecule has 0 aromatic carbocycles. The lowest BCUT2D eigenvalue weighted by Gasteiger charge is -2.09. The van der Waals surface area contributed by atoms with Gasteiger partial charge in [0.2, 0.25) is 5.69 Å². The van der Waals surface area contributed by atoms with Gasteiger partial charge in [-0.2, -0.15) is 16.9 Å². The predicted octanol–water partition coefficient (Wildman–Crippen LogP) is 1.24. The molecule has 1 rings (SSSR count). The number of aromatic hydroxyl groups is 1. The number of carbonyl (C=O) groups excluding carboxylic acids is 1. The molecule has 1 N–H and O–H groups in total. The van der Waals surface area contributed by atoms with E-state index in [4.69, 9.17) is 9.47 Å². The number of hydrogen-bond acceptors (Lipinski definition) is 7. The number of nitrogens with zero attached hydrogens (tertiary/aromatic N) is 2. The van der Waals surface area contributed by atoms with Gasteiger partial charge >= 0.3 is 5.97 Å². The molecule has 0 saturated heterocycles. The Kier molecular flexibility index (Phi) is 7.24. The molecule has 1 aromatic rings. The summed E-state index contributed by atoms with van der Waals surface area (Å²) >= 11 is 1.76. The third kappa shape index (κ3) is 5.76. The molecule has 8 heteroatoms. The molecule has 0 aliphatic rings. The maximum Gasteiger partial charge on any atom is 0.363 e. The zero-order chi connectivity index (χ0) is 15.8. The Hall–Kier alpha value is -1.54. The zero-order valence-electron chi connectivity index (χ0n) is 12.4. The van der Waals surface area contributed by atoms with E-state index in [-0.39, 0.29) is 13.3 Å². The van der Waals surface area contributed by atoms with Gasteiger partial charge in [-0.15, -0.1) is 0 Å². The lowest BCUT2D eigenvalue weighted by molar-refractivity contribution is 0.0500. The van der Waals surface area contributed by atoms with Gasteiger partial charge in [-0.3, -0.25) is 4.79 Å². The molecule has 0 aliphatic heterocycles. The van der Waals surface area contributed by atoms with Crippen molar-refractivity contribution in [3.8, 4) is 5.75 Å². The first-order chi connectivity index (χ1) is 9.95. The second-order valence-corrected chi connectivity index (χ2v) is 6.09. The molecular formula is C13H20N2O5S. The quantitative estimate of drug-likeness (QED) is 0.570. The molecular weight excluding hydrogens is 296 g/mol.